The van der Waals surface area contributed by atoms with Crippen molar-refractivity contribution < 1.29 is 9.66 Å². The van der Waals surface area contributed by atoms with Gasteiger partial charge in [-0.2, -0.15) is 0 Å². The lowest BCUT2D eigenvalue weighted by Gasteiger charge is -2.04. The molecule has 86 valence electrons. The number of nitro benzene ring substituents is 1. The van der Waals surface area contributed by atoms with Crippen LogP contribution in [0.15, 0.2) is 47.1 Å². The summed E-state index contributed by atoms with van der Waals surface area (Å²) in [5.41, 5.74) is 0.0274. The fourth-order valence-electron chi connectivity index (χ4n) is 1.20. The fourth-order valence-corrected chi connectivity index (χ4v) is 1.53. The lowest BCUT2D eigenvalue weighted by Crippen LogP contribution is -1.90. The first-order valence-electron chi connectivity index (χ1n) is 4.70. The second-order valence-electron chi connectivity index (χ2n) is 3.15. The number of nitro groups is 1. The van der Waals surface area contributed by atoms with Crippen molar-refractivity contribution in [2.24, 2.45) is 0 Å². The average molecular weight is 295 g/mol. The van der Waals surface area contributed by atoms with E-state index in [1.165, 1.54) is 24.3 Å². The highest BCUT2D eigenvalue weighted by Crippen LogP contribution is 2.23. The minimum absolute atomic E-state index is 0.0274. The summed E-state index contributed by atoms with van der Waals surface area (Å²) in [6.07, 6.45) is 0. The van der Waals surface area contributed by atoms with Crippen LogP contribution in [-0.2, 0) is 0 Å². The minimum atomic E-state index is -0.457. The number of pyridine rings is 1. The van der Waals surface area contributed by atoms with Crippen LogP contribution < -0.4 is 4.74 Å². The van der Waals surface area contributed by atoms with E-state index in [4.69, 9.17) is 4.74 Å². The van der Waals surface area contributed by atoms with Crippen molar-refractivity contribution in [3.8, 4) is 11.6 Å². The number of rotatable bonds is 3. The zero-order valence-corrected chi connectivity index (χ0v) is 10.1. The summed E-state index contributed by atoms with van der Waals surface area (Å²) in [6, 6.07) is 11.1. The fraction of sp³-hybridized carbons (Fsp3) is 0. The Morgan fingerprint density at radius 2 is 1.88 bits per heavy atom. The number of hydrogen-bond donors (Lipinski definition) is 0. The van der Waals surface area contributed by atoms with E-state index < -0.39 is 4.92 Å². The number of ether oxygens (including phenoxy) is 1. The van der Waals surface area contributed by atoms with Gasteiger partial charge in [-0.15, -0.1) is 0 Å². The van der Waals surface area contributed by atoms with Crippen LogP contribution >= 0.6 is 15.9 Å². The van der Waals surface area contributed by atoms with Gasteiger partial charge in [0.1, 0.15) is 10.4 Å². The van der Waals surface area contributed by atoms with Crippen molar-refractivity contribution in [1.82, 2.24) is 4.98 Å². The normalized spacial score (nSPS) is 9.94. The molecule has 0 fully saturated rings. The van der Waals surface area contributed by atoms with E-state index in [0.29, 0.717) is 16.2 Å². The molecule has 0 aliphatic carbocycles. The maximum Gasteiger partial charge on any atom is 0.269 e. The molecule has 17 heavy (non-hydrogen) atoms. The van der Waals surface area contributed by atoms with E-state index in [-0.39, 0.29) is 5.69 Å². The number of nitrogens with zero attached hydrogens (tertiary/aromatic N) is 2. The Balaban J connectivity index is 2.16. The van der Waals surface area contributed by atoms with E-state index >= 15 is 0 Å². The maximum atomic E-state index is 10.5. The molecule has 1 aromatic heterocycles. The SMILES string of the molecule is O=[N+]([O-])c1ccc(Oc2cccc(Br)n2)cc1. The quantitative estimate of drug-likeness (QED) is 0.493. The van der Waals surface area contributed by atoms with Crippen LogP contribution in [0.1, 0.15) is 0 Å². The Hall–Kier alpha value is -1.95. The van der Waals surface area contributed by atoms with Gasteiger partial charge in [-0.3, -0.25) is 10.1 Å². The van der Waals surface area contributed by atoms with Gasteiger partial charge in [0.05, 0.1) is 4.92 Å². The highest BCUT2D eigenvalue weighted by Gasteiger charge is 2.05. The molecule has 0 radical (unpaired) electrons. The third-order valence-electron chi connectivity index (χ3n) is 1.96. The van der Waals surface area contributed by atoms with Crippen molar-refractivity contribution in [3.63, 3.8) is 0 Å². The highest BCUT2D eigenvalue weighted by atomic mass is 79.9. The molecule has 0 atom stereocenters. The van der Waals surface area contributed by atoms with E-state index in [1.54, 1.807) is 18.2 Å². The molecule has 0 unspecified atom stereocenters. The molecule has 6 heteroatoms. The van der Waals surface area contributed by atoms with Crippen LogP contribution in [0.3, 0.4) is 0 Å². The predicted octanol–water partition coefficient (Wildman–Crippen LogP) is 3.54. The van der Waals surface area contributed by atoms with Crippen molar-refractivity contribution in [2.45, 2.75) is 0 Å². The van der Waals surface area contributed by atoms with E-state index in [1.807, 2.05) is 0 Å². The zero-order valence-electron chi connectivity index (χ0n) is 8.54. The van der Waals surface area contributed by atoms with Gasteiger partial charge in [-0.1, -0.05) is 6.07 Å². The summed E-state index contributed by atoms with van der Waals surface area (Å²) >= 11 is 3.23. The molecule has 5 nitrogen and oxygen atoms in total. The first kappa shape index (κ1) is 11.5. The number of benzene rings is 1. The Morgan fingerprint density at radius 1 is 1.18 bits per heavy atom. The van der Waals surface area contributed by atoms with Crippen LogP contribution in [-0.4, -0.2) is 9.91 Å². The van der Waals surface area contributed by atoms with E-state index in [2.05, 4.69) is 20.9 Å². The molecule has 1 aromatic carbocycles. The monoisotopic (exact) mass is 294 g/mol. The largest absolute Gasteiger partial charge is 0.439 e. The summed E-state index contributed by atoms with van der Waals surface area (Å²) in [6.45, 7) is 0. The van der Waals surface area contributed by atoms with Crippen molar-refractivity contribution in [1.29, 1.82) is 0 Å². The summed E-state index contributed by atoms with van der Waals surface area (Å²) in [7, 11) is 0. The van der Waals surface area contributed by atoms with Gasteiger partial charge in [0.25, 0.3) is 5.69 Å². The molecule has 0 aliphatic rings. The average Bonchev–Trinajstić information content (AvgIpc) is 2.29. The van der Waals surface area contributed by atoms with Crippen LogP contribution in [0, 0.1) is 10.1 Å². The topological polar surface area (TPSA) is 65.3 Å². The molecular weight excluding hydrogens is 288 g/mol. The van der Waals surface area contributed by atoms with Crippen LogP contribution in [0.25, 0.3) is 0 Å². The smallest absolute Gasteiger partial charge is 0.269 e. The Labute approximate surface area is 105 Å². The van der Waals surface area contributed by atoms with Gasteiger partial charge in [0.15, 0.2) is 0 Å². The first-order chi connectivity index (χ1) is 8.15. The summed E-state index contributed by atoms with van der Waals surface area (Å²) in [4.78, 5) is 14.1. The standard InChI is InChI=1S/C11H7BrN2O3/c12-10-2-1-3-11(13-10)17-9-6-4-8(5-7-9)14(15)16/h1-7H. The number of halogens is 1. The second kappa shape index (κ2) is 4.92. The van der Waals surface area contributed by atoms with Gasteiger partial charge < -0.3 is 4.74 Å². The second-order valence-corrected chi connectivity index (χ2v) is 3.96. The highest BCUT2D eigenvalue weighted by molar-refractivity contribution is 9.10. The Bertz CT molecular complexity index is 543. The predicted molar refractivity (Wildman–Crippen MR) is 65.1 cm³/mol. The molecule has 0 saturated carbocycles. The third kappa shape index (κ3) is 3.01. The molecule has 0 bridgehead atoms. The van der Waals surface area contributed by atoms with E-state index in [0.717, 1.165) is 0 Å². The van der Waals surface area contributed by atoms with Crippen molar-refractivity contribution in [3.05, 3.63) is 57.2 Å². The first-order valence-corrected chi connectivity index (χ1v) is 5.49. The molecule has 0 amide bonds. The van der Waals surface area contributed by atoms with Crippen LogP contribution in [0.2, 0.25) is 0 Å². The maximum absolute atomic E-state index is 10.5. The van der Waals surface area contributed by atoms with Gasteiger partial charge in [0.2, 0.25) is 5.88 Å². The molecule has 0 N–H and O–H groups in total. The minimum Gasteiger partial charge on any atom is -0.439 e. The lowest BCUT2D eigenvalue weighted by atomic mass is 10.3. The van der Waals surface area contributed by atoms with Crippen molar-refractivity contribution in [2.75, 3.05) is 0 Å². The number of hydrogen-bond acceptors (Lipinski definition) is 4. The molecule has 0 saturated heterocycles. The molecule has 0 aliphatic heterocycles. The molecule has 1 heterocycles. The van der Waals surface area contributed by atoms with Gasteiger partial charge in [-0.25, -0.2) is 4.98 Å². The molecular formula is C11H7BrN2O3. The van der Waals surface area contributed by atoms with Gasteiger partial charge in [0, 0.05) is 18.2 Å². The third-order valence-corrected chi connectivity index (χ3v) is 2.40. The molecule has 0 spiro atoms. The van der Waals surface area contributed by atoms with Crippen LogP contribution in [0.5, 0.6) is 11.6 Å². The molecule has 2 aromatic rings. The number of aromatic nitrogens is 1. The van der Waals surface area contributed by atoms with Crippen LogP contribution in [0.4, 0.5) is 5.69 Å². The van der Waals surface area contributed by atoms with Gasteiger partial charge in [-0.05, 0) is 34.1 Å². The summed E-state index contributed by atoms with van der Waals surface area (Å²) in [5.74, 6) is 0.925. The Kier molecular flexibility index (Phi) is 3.34. The van der Waals surface area contributed by atoms with E-state index in [9.17, 15) is 10.1 Å². The van der Waals surface area contributed by atoms with Gasteiger partial charge >= 0.3 is 0 Å². The molecule has 2 rings (SSSR count). The Morgan fingerprint density at radius 3 is 2.47 bits per heavy atom. The lowest BCUT2D eigenvalue weighted by molar-refractivity contribution is -0.384. The zero-order chi connectivity index (χ0) is 12.3. The summed E-state index contributed by atoms with van der Waals surface area (Å²) in [5, 5.41) is 10.5. The summed E-state index contributed by atoms with van der Waals surface area (Å²) < 4.78 is 6.09. The van der Waals surface area contributed by atoms with Crippen molar-refractivity contribution >= 4 is 21.6 Å². The number of non-ortho nitro benzene ring substituents is 1.